The molecule has 0 bridgehead atoms. The molecule has 1 heterocycles. The van der Waals surface area contributed by atoms with Gasteiger partial charge in [0.15, 0.2) is 0 Å². The van der Waals surface area contributed by atoms with Crippen LogP contribution in [0.25, 0.3) is 0 Å². The number of hydrogen-bond acceptors (Lipinski definition) is 5. The van der Waals surface area contributed by atoms with Crippen molar-refractivity contribution in [3.05, 3.63) is 39.9 Å². The van der Waals surface area contributed by atoms with Gasteiger partial charge in [0.1, 0.15) is 0 Å². The van der Waals surface area contributed by atoms with E-state index >= 15 is 0 Å². The second-order valence-corrected chi connectivity index (χ2v) is 5.15. The third-order valence-corrected chi connectivity index (χ3v) is 3.49. The SMILES string of the molecule is CC1CN(CCc2ccccc2[N+](=O)[O-])CC(CO)O1. The minimum Gasteiger partial charge on any atom is -0.394 e. The maximum Gasteiger partial charge on any atom is 0.272 e. The Morgan fingerprint density at radius 1 is 1.45 bits per heavy atom. The normalized spacial score (nSPS) is 23.7. The van der Waals surface area contributed by atoms with E-state index in [-0.39, 0.29) is 29.4 Å². The van der Waals surface area contributed by atoms with Crippen LogP contribution < -0.4 is 0 Å². The molecule has 2 rings (SSSR count). The zero-order chi connectivity index (χ0) is 14.5. The number of benzene rings is 1. The lowest BCUT2D eigenvalue weighted by atomic mass is 10.1. The van der Waals surface area contributed by atoms with Crippen LogP contribution in [0.2, 0.25) is 0 Å². The van der Waals surface area contributed by atoms with Crippen molar-refractivity contribution in [1.29, 1.82) is 0 Å². The summed E-state index contributed by atoms with van der Waals surface area (Å²) in [5, 5.41) is 20.1. The molecule has 0 saturated carbocycles. The Morgan fingerprint density at radius 2 is 2.20 bits per heavy atom. The fourth-order valence-electron chi connectivity index (χ4n) is 2.60. The van der Waals surface area contributed by atoms with Gasteiger partial charge in [-0.15, -0.1) is 0 Å². The molecule has 2 atom stereocenters. The van der Waals surface area contributed by atoms with Gasteiger partial charge in [0, 0.05) is 31.3 Å². The molecular formula is C14H20N2O4. The van der Waals surface area contributed by atoms with E-state index in [2.05, 4.69) is 4.90 Å². The zero-order valence-electron chi connectivity index (χ0n) is 11.6. The fourth-order valence-corrected chi connectivity index (χ4v) is 2.60. The second kappa shape index (κ2) is 6.78. The predicted octanol–water partition coefficient (Wildman–Crippen LogP) is 1.22. The summed E-state index contributed by atoms with van der Waals surface area (Å²) in [7, 11) is 0. The summed E-state index contributed by atoms with van der Waals surface area (Å²) in [5.41, 5.74) is 0.921. The number of rotatable bonds is 5. The van der Waals surface area contributed by atoms with Crippen LogP contribution in [-0.2, 0) is 11.2 Å². The van der Waals surface area contributed by atoms with Crippen molar-refractivity contribution in [1.82, 2.24) is 4.90 Å². The Hall–Kier alpha value is -1.50. The Bertz CT molecular complexity index is 466. The molecule has 1 aromatic rings. The van der Waals surface area contributed by atoms with Gasteiger partial charge in [-0.05, 0) is 13.3 Å². The van der Waals surface area contributed by atoms with Gasteiger partial charge in [-0.2, -0.15) is 0 Å². The van der Waals surface area contributed by atoms with Gasteiger partial charge in [0.2, 0.25) is 0 Å². The van der Waals surface area contributed by atoms with Crippen LogP contribution in [0.3, 0.4) is 0 Å². The molecule has 6 heteroatoms. The monoisotopic (exact) mass is 280 g/mol. The number of aliphatic hydroxyl groups excluding tert-OH is 1. The molecule has 20 heavy (non-hydrogen) atoms. The molecule has 0 amide bonds. The molecule has 1 aromatic carbocycles. The molecule has 110 valence electrons. The first-order valence-corrected chi connectivity index (χ1v) is 6.81. The highest BCUT2D eigenvalue weighted by molar-refractivity contribution is 5.39. The summed E-state index contributed by atoms with van der Waals surface area (Å²) in [5.74, 6) is 0. The van der Waals surface area contributed by atoms with Crippen LogP contribution >= 0.6 is 0 Å². The summed E-state index contributed by atoms with van der Waals surface area (Å²) < 4.78 is 5.58. The van der Waals surface area contributed by atoms with Crippen molar-refractivity contribution in [3.8, 4) is 0 Å². The predicted molar refractivity (Wildman–Crippen MR) is 74.7 cm³/mol. The van der Waals surface area contributed by atoms with Crippen molar-refractivity contribution >= 4 is 5.69 Å². The van der Waals surface area contributed by atoms with E-state index in [1.54, 1.807) is 12.1 Å². The highest BCUT2D eigenvalue weighted by Crippen LogP contribution is 2.19. The first-order chi connectivity index (χ1) is 9.60. The first-order valence-electron chi connectivity index (χ1n) is 6.81. The summed E-state index contributed by atoms with van der Waals surface area (Å²) in [6, 6.07) is 6.83. The van der Waals surface area contributed by atoms with E-state index < -0.39 is 0 Å². The molecule has 1 fully saturated rings. The number of nitro benzene ring substituents is 1. The number of aliphatic hydroxyl groups is 1. The van der Waals surface area contributed by atoms with E-state index in [4.69, 9.17) is 4.74 Å². The van der Waals surface area contributed by atoms with Gasteiger partial charge in [0.05, 0.1) is 23.7 Å². The lowest BCUT2D eigenvalue weighted by Crippen LogP contribution is -2.48. The summed E-state index contributed by atoms with van der Waals surface area (Å²) >= 11 is 0. The van der Waals surface area contributed by atoms with Crippen LogP contribution in [0.5, 0.6) is 0 Å². The minimum absolute atomic E-state index is 0.00627. The van der Waals surface area contributed by atoms with Crippen molar-refractivity contribution in [2.75, 3.05) is 26.2 Å². The molecule has 6 nitrogen and oxygen atoms in total. The zero-order valence-corrected chi connectivity index (χ0v) is 11.6. The molecule has 1 aliphatic heterocycles. The van der Waals surface area contributed by atoms with Crippen LogP contribution in [0.15, 0.2) is 24.3 Å². The van der Waals surface area contributed by atoms with Gasteiger partial charge in [-0.3, -0.25) is 15.0 Å². The van der Waals surface area contributed by atoms with Gasteiger partial charge in [-0.25, -0.2) is 0 Å². The number of nitro groups is 1. The Balaban J connectivity index is 1.96. The van der Waals surface area contributed by atoms with Crippen molar-refractivity contribution < 1.29 is 14.8 Å². The smallest absolute Gasteiger partial charge is 0.272 e. The molecule has 0 aromatic heterocycles. The number of morpholine rings is 1. The maximum absolute atomic E-state index is 11.0. The van der Waals surface area contributed by atoms with E-state index in [9.17, 15) is 15.2 Å². The molecule has 0 aliphatic carbocycles. The number of nitrogens with zero attached hydrogens (tertiary/aromatic N) is 2. The minimum atomic E-state index is -0.339. The number of hydrogen-bond donors (Lipinski definition) is 1. The molecule has 2 unspecified atom stereocenters. The molecule has 1 aliphatic rings. The topological polar surface area (TPSA) is 75.8 Å². The van der Waals surface area contributed by atoms with Crippen LogP contribution in [0.1, 0.15) is 12.5 Å². The summed E-state index contributed by atoms with van der Waals surface area (Å²) in [6.45, 7) is 4.17. The van der Waals surface area contributed by atoms with E-state index in [0.717, 1.165) is 18.7 Å². The first kappa shape index (κ1) is 14.9. The fraction of sp³-hybridized carbons (Fsp3) is 0.571. The van der Waals surface area contributed by atoms with Crippen molar-refractivity contribution in [2.24, 2.45) is 0 Å². The Labute approximate surface area is 118 Å². The average molecular weight is 280 g/mol. The molecule has 0 spiro atoms. The van der Waals surface area contributed by atoms with E-state index in [0.29, 0.717) is 13.0 Å². The molecular weight excluding hydrogens is 260 g/mol. The maximum atomic E-state index is 11.0. The molecule has 0 radical (unpaired) electrons. The molecule has 1 saturated heterocycles. The van der Waals surface area contributed by atoms with Crippen molar-refractivity contribution in [2.45, 2.75) is 25.6 Å². The standard InChI is InChI=1S/C14H20N2O4/c1-11-8-15(9-13(10-17)20-11)7-6-12-4-2-3-5-14(12)16(18)19/h2-5,11,13,17H,6-10H2,1H3. The van der Waals surface area contributed by atoms with Gasteiger partial charge < -0.3 is 9.84 Å². The van der Waals surface area contributed by atoms with Crippen LogP contribution in [0, 0.1) is 10.1 Å². The van der Waals surface area contributed by atoms with Crippen LogP contribution in [0.4, 0.5) is 5.69 Å². The second-order valence-electron chi connectivity index (χ2n) is 5.15. The number of ether oxygens (including phenoxy) is 1. The quantitative estimate of drug-likeness (QED) is 0.648. The van der Waals surface area contributed by atoms with Gasteiger partial charge in [0.25, 0.3) is 5.69 Å². The summed E-state index contributed by atoms with van der Waals surface area (Å²) in [4.78, 5) is 12.8. The molecule has 1 N–H and O–H groups in total. The van der Waals surface area contributed by atoms with E-state index in [1.165, 1.54) is 6.07 Å². The van der Waals surface area contributed by atoms with E-state index in [1.807, 2.05) is 13.0 Å². The number of para-hydroxylation sites is 1. The third kappa shape index (κ3) is 3.75. The largest absolute Gasteiger partial charge is 0.394 e. The average Bonchev–Trinajstić information content (AvgIpc) is 2.44. The summed E-state index contributed by atoms with van der Waals surface area (Å²) in [6.07, 6.45) is 0.540. The lowest BCUT2D eigenvalue weighted by Gasteiger charge is -2.36. The highest BCUT2D eigenvalue weighted by atomic mass is 16.6. The third-order valence-electron chi connectivity index (χ3n) is 3.49. The highest BCUT2D eigenvalue weighted by Gasteiger charge is 2.24. The van der Waals surface area contributed by atoms with Crippen molar-refractivity contribution in [3.63, 3.8) is 0 Å². The Morgan fingerprint density at radius 3 is 2.90 bits per heavy atom. The Kier molecular flexibility index (Phi) is 5.05. The van der Waals surface area contributed by atoms with Crippen LogP contribution in [-0.4, -0.2) is 53.4 Å². The van der Waals surface area contributed by atoms with Gasteiger partial charge >= 0.3 is 0 Å². The van der Waals surface area contributed by atoms with Gasteiger partial charge in [-0.1, -0.05) is 18.2 Å². The lowest BCUT2D eigenvalue weighted by molar-refractivity contribution is -0.385.